The molecule has 0 unspecified atom stereocenters. The largest absolute Gasteiger partial charge is 0.398 e. The summed E-state index contributed by atoms with van der Waals surface area (Å²) in [5.41, 5.74) is 7.57. The Bertz CT molecular complexity index is 525. The number of H-pyrrole nitrogens is 1. The second kappa shape index (κ2) is 4.99. The van der Waals surface area contributed by atoms with Gasteiger partial charge >= 0.3 is 0 Å². The number of hydrogen-bond donors (Lipinski definition) is 3. The van der Waals surface area contributed by atoms with E-state index in [0.717, 1.165) is 24.5 Å². The van der Waals surface area contributed by atoms with E-state index in [4.69, 9.17) is 11.0 Å². The van der Waals surface area contributed by atoms with Gasteiger partial charge in [0.25, 0.3) is 0 Å². The molecule has 17 heavy (non-hydrogen) atoms. The van der Waals surface area contributed by atoms with E-state index in [-0.39, 0.29) is 0 Å². The van der Waals surface area contributed by atoms with Crippen molar-refractivity contribution in [2.75, 3.05) is 17.6 Å². The number of anilines is 2. The van der Waals surface area contributed by atoms with Crippen LogP contribution in [0.5, 0.6) is 0 Å². The van der Waals surface area contributed by atoms with E-state index in [0.29, 0.717) is 11.3 Å². The Hall–Kier alpha value is -2.55. The predicted molar refractivity (Wildman–Crippen MR) is 64.1 cm³/mol. The zero-order valence-electron chi connectivity index (χ0n) is 9.14. The Balaban J connectivity index is 1.91. The predicted octanol–water partition coefficient (Wildman–Crippen LogP) is 0.913. The smallest absolute Gasteiger partial charge is 0.137 e. The fraction of sp³-hybridized carbons (Fsp3) is 0.182. The van der Waals surface area contributed by atoms with Gasteiger partial charge in [0.2, 0.25) is 0 Å². The van der Waals surface area contributed by atoms with Gasteiger partial charge in [0.15, 0.2) is 0 Å². The fourth-order valence-corrected chi connectivity index (χ4v) is 1.45. The van der Waals surface area contributed by atoms with Crippen LogP contribution >= 0.6 is 0 Å². The highest BCUT2D eigenvalue weighted by Gasteiger charge is 2.00. The number of nitriles is 1. The molecule has 1 aromatic heterocycles. The molecule has 0 fully saturated rings. The maximum atomic E-state index is 8.74. The van der Waals surface area contributed by atoms with Crippen molar-refractivity contribution < 1.29 is 0 Å². The zero-order valence-corrected chi connectivity index (χ0v) is 9.14. The van der Waals surface area contributed by atoms with Crippen LogP contribution in [0.2, 0.25) is 0 Å². The molecule has 1 heterocycles. The van der Waals surface area contributed by atoms with Gasteiger partial charge in [-0.05, 0) is 18.2 Å². The average Bonchev–Trinajstić information content (AvgIpc) is 2.82. The minimum Gasteiger partial charge on any atom is -0.398 e. The summed E-state index contributed by atoms with van der Waals surface area (Å²) in [6.07, 6.45) is 2.23. The third-order valence-electron chi connectivity index (χ3n) is 2.33. The minimum absolute atomic E-state index is 0.483. The lowest BCUT2D eigenvalue weighted by molar-refractivity contribution is 0.901. The number of nitrogens with zero attached hydrogens (tertiary/aromatic N) is 3. The van der Waals surface area contributed by atoms with Gasteiger partial charge in [-0.3, -0.25) is 5.10 Å². The summed E-state index contributed by atoms with van der Waals surface area (Å²) in [4.78, 5) is 4.02. The Morgan fingerprint density at radius 2 is 2.35 bits per heavy atom. The number of aromatic nitrogens is 3. The molecule has 1 aromatic carbocycles. The van der Waals surface area contributed by atoms with Gasteiger partial charge < -0.3 is 11.1 Å². The normalized spacial score (nSPS) is 9.82. The van der Waals surface area contributed by atoms with E-state index >= 15 is 0 Å². The fourth-order valence-electron chi connectivity index (χ4n) is 1.45. The molecule has 2 rings (SSSR count). The molecular formula is C11H12N6. The minimum atomic E-state index is 0.483. The number of rotatable bonds is 4. The quantitative estimate of drug-likeness (QED) is 0.675. The first-order valence-electron chi connectivity index (χ1n) is 5.17. The Labute approximate surface area is 98.5 Å². The summed E-state index contributed by atoms with van der Waals surface area (Å²) in [5, 5.41) is 18.5. The van der Waals surface area contributed by atoms with Crippen LogP contribution in [0.25, 0.3) is 0 Å². The highest BCUT2D eigenvalue weighted by molar-refractivity contribution is 5.62. The molecule has 0 aliphatic rings. The monoisotopic (exact) mass is 228 g/mol. The number of nitrogens with one attached hydrogen (secondary N) is 2. The van der Waals surface area contributed by atoms with Crippen molar-refractivity contribution in [3.63, 3.8) is 0 Å². The Morgan fingerprint density at radius 1 is 1.47 bits per heavy atom. The molecule has 0 bridgehead atoms. The van der Waals surface area contributed by atoms with E-state index in [1.165, 1.54) is 6.33 Å². The maximum Gasteiger partial charge on any atom is 0.137 e. The van der Waals surface area contributed by atoms with Crippen molar-refractivity contribution in [3.05, 3.63) is 35.9 Å². The summed E-state index contributed by atoms with van der Waals surface area (Å²) in [5.74, 6) is 0.833. The van der Waals surface area contributed by atoms with Gasteiger partial charge in [-0.25, -0.2) is 4.98 Å². The first-order chi connectivity index (χ1) is 8.29. The molecule has 0 saturated carbocycles. The molecule has 2 aromatic rings. The zero-order chi connectivity index (χ0) is 12.1. The summed E-state index contributed by atoms with van der Waals surface area (Å²) in [7, 11) is 0. The summed E-state index contributed by atoms with van der Waals surface area (Å²) in [6.45, 7) is 0.723. The number of hydrogen-bond acceptors (Lipinski definition) is 5. The van der Waals surface area contributed by atoms with Gasteiger partial charge in [-0.1, -0.05) is 0 Å². The number of nitrogens with two attached hydrogens (primary N) is 1. The molecule has 0 saturated heterocycles. The summed E-state index contributed by atoms with van der Waals surface area (Å²) >= 11 is 0. The van der Waals surface area contributed by atoms with Crippen LogP contribution in [0.15, 0.2) is 24.5 Å². The number of nitrogen functional groups attached to an aromatic ring is 1. The van der Waals surface area contributed by atoms with Crippen LogP contribution in [0.1, 0.15) is 11.4 Å². The molecule has 0 atom stereocenters. The number of aromatic amines is 1. The third-order valence-corrected chi connectivity index (χ3v) is 2.33. The van der Waals surface area contributed by atoms with Crippen LogP contribution in [0.4, 0.5) is 11.4 Å². The standard InChI is InChI=1S/C11H12N6/c12-6-8-1-2-9(5-10(8)13)14-4-3-11-15-7-16-17-11/h1-2,5,7,14H,3-4,13H2,(H,15,16,17). The van der Waals surface area contributed by atoms with Gasteiger partial charge in [-0.2, -0.15) is 10.4 Å². The van der Waals surface area contributed by atoms with Gasteiger partial charge in [-0.15, -0.1) is 0 Å². The molecule has 86 valence electrons. The SMILES string of the molecule is N#Cc1ccc(NCCc2ncn[nH]2)cc1N. The van der Waals surface area contributed by atoms with E-state index < -0.39 is 0 Å². The van der Waals surface area contributed by atoms with E-state index in [1.807, 2.05) is 12.1 Å². The highest BCUT2D eigenvalue weighted by atomic mass is 15.2. The van der Waals surface area contributed by atoms with Gasteiger partial charge in [0.1, 0.15) is 18.2 Å². The van der Waals surface area contributed by atoms with E-state index in [1.54, 1.807) is 12.1 Å². The summed E-state index contributed by atoms with van der Waals surface area (Å²) < 4.78 is 0. The van der Waals surface area contributed by atoms with Crippen molar-refractivity contribution in [3.8, 4) is 6.07 Å². The third kappa shape index (κ3) is 2.72. The highest BCUT2D eigenvalue weighted by Crippen LogP contribution is 2.16. The second-order valence-corrected chi connectivity index (χ2v) is 3.52. The van der Waals surface area contributed by atoms with Crippen molar-refractivity contribution in [2.24, 2.45) is 0 Å². The first-order valence-corrected chi connectivity index (χ1v) is 5.17. The maximum absolute atomic E-state index is 8.74. The van der Waals surface area contributed by atoms with Crippen molar-refractivity contribution >= 4 is 11.4 Å². The average molecular weight is 228 g/mol. The lowest BCUT2D eigenvalue weighted by Gasteiger charge is -2.06. The van der Waals surface area contributed by atoms with Crippen molar-refractivity contribution in [1.82, 2.24) is 15.2 Å². The van der Waals surface area contributed by atoms with Crippen LogP contribution < -0.4 is 11.1 Å². The molecule has 6 heteroatoms. The molecule has 0 aliphatic carbocycles. The van der Waals surface area contributed by atoms with Crippen LogP contribution in [0, 0.1) is 11.3 Å². The molecule has 4 N–H and O–H groups in total. The molecular weight excluding hydrogens is 216 g/mol. The van der Waals surface area contributed by atoms with Crippen LogP contribution in [-0.2, 0) is 6.42 Å². The van der Waals surface area contributed by atoms with Crippen molar-refractivity contribution in [1.29, 1.82) is 5.26 Å². The van der Waals surface area contributed by atoms with Crippen LogP contribution in [-0.4, -0.2) is 21.7 Å². The Morgan fingerprint density at radius 3 is 3.00 bits per heavy atom. The number of benzene rings is 1. The first kappa shape index (κ1) is 11.0. The van der Waals surface area contributed by atoms with Crippen molar-refractivity contribution in [2.45, 2.75) is 6.42 Å². The molecule has 0 spiro atoms. The Kier molecular flexibility index (Phi) is 3.21. The molecule has 0 radical (unpaired) electrons. The van der Waals surface area contributed by atoms with Gasteiger partial charge in [0, 0.05) is 18.7 Å². The topological polar surface area (TPSA) is 103 Å². The molecule has 0 aliphatic heterocycles. The van der Waals surface area contributed by atoms with E-state index in [9.17, 15) is 0 Å². The lowest BCUT2D eigenvalue weighted by Crippen LogP contribution is -2.06. The molecule has 0 amide bonds. The van der Waals surface area contributed by atoms with Crippen LogP contribution in [0.3, 0.4) is 0 Å². The van der Waals surface area contributed by atoms with E-state index in [2.05, 4.69) is 20.5 Å². The lowest BCUT2D eigenvalue weighted by atomic mass is 10.2. The second-order valence-electron chi connectivity index (χ2n) is 3.52. The van der Waals surface area contributed by atoms with Gasteiger partial charge in [0.05, 0.1) is 11.3 Å². The summed E-state index contributed by atoms with van der Waals surface area (Å²) in [6, 6.07) is 7.30. The molecule has 6 nitrogen and oxygen atoms in total.